The van der Waals surface area contributed by atoms with Gasteiger partial charge in [0.15, 0.2) is 18.1 Å². The van der Waals surface area contributed by atoms with Crippen LogP contribution in [0.25, 0.3) is 0 Å². The molecule has 0 saturated heterocycles. The van der Waals surface area contributed by atoms with Gasteiger partial charge in [0.2, 0.25) is 0 Å². The van der Waals surface area contributed by atoms with Crippen molar-refractivity contribution in [3.8, 4) is 11.5 Å². The standard InChI is InChI=1S/C22H29BrN2O4/c1-4-17(13-26)24-12-16-10-19(23)22(20(11-16)28-5-2)29-14-21(27)25-18-8-6-15(3)7-9-18/h6-11,17,24,26H,4-5,12-14H2,1-3H3,(H,25,27). The van der Waals surface area contributed by atoms with Crippen molar-refractivity contribution in [3.05, 3.63) is 52.0 Å². The summed E-state index contributed by atoms with van der Waals surface area (Å²) < 4.78 is 12.2. The second-order valence-corrected chi connectivity index (χ2v) is 7.56. The normalized spacial score (nSPS) is 11.8. The fourth-order valence-corrected chi connectivity index (χ4v) is 3.30. The minimum atomic E-state index is -0.248. The molecule has 0 radical (unpaired) electrons. The molecule has 7 heteroatoms. The quantitative estimate of drug-likeness (QED) is 0.467. The summed E-state index contributed by atoms with van der Waals surface area (Å²) in [6.07, 6.45) is 0.841. The minimum absolute atomic E-state index is 0.0470. The average Bonchev–Trinajstić information content (AvgIpc) is 2.70. The summed E-state index contributed by atoms with van der Waals surface area (Å²) in [7, 11) is 0. The number of aryl methyl sites for hydroxylation is 1. The summed E-state index contributed by atoms with van der Waals surface area (Å²) >= 11 is 3.52. The smallest absolute Gasteiger partial charge is 0.262 e. The number of halogens is 1. The summed E-state index contributed by atoms with van der Waals surface area (Å²) in [4.78, 5) is 12.2. The summed E-state index contributed by atoms with van der Waals surface area (Å²) in [5.41, 5.74) is 2.84. The lowest BCUT2D eigenvalue weighted by Gasteiger charge is -2.17. The Labute approximate surface area is 180 Å². The van der Waals surface area contributed by atoms with E-state index in [0.29, 0.717) is 29.1 Å². The van der Waals surface area contributed by atoms with Gasteiger partial charge >= 0.3 is 0 Å². The molecule has 2 rings (SSSR count). The van der Waals surface area contributed by atoms with Crippen LogP contribution in [0.4, 0.5) is 5.69 Å². The van der Waals surface area contributed by atoms with Gasteiger partial charge in [-0.1, -0.05) is 24.6 Å². The third-order valence-corrected chi connectivity index (χ3v) is 4.95. The molecule has 0 aromatic heterocycles. The zero-order valence-corrected chi connectivity index (χ0v) is 18.7. The zero-order chi connectivity index (χ0) is 21.2. The van der Waals surface area contributed by atoms with Gasteiger partial charge in [0.25, 0.3) is 5.91 Å². The van der Waals surface area contributed by atoms with E-state index < -0.39 is 0 Å². The SMILES string of the molecule is CCOc1cc(CNC(CC)CO)cc(Br)c1OCC(=O)Nc1ccc(C)cc1. The summed E-state index contributed by atoms with van der Waals surface area (Å²) in [6, 6.07) is 11.4. The number of rotatable bonds is 11. The zero-order valence-electron chi connectivity index (χ0n) is 17.1. The average molecular weight is 465 g/mol. The number of nitrogens with one attached hydrogen (secondary N) is 2. The van der Waals surface area contributed by atoms with E-state index in [1.54, 1.807) is 0 Å². The van der Waals surface area contributed by atoms with E-state index in [0.717, 1.165) is 23.2 Å². The Morgan fingerprint density at radius 1 is 1.17 bits per heavy atom. The molecule has 2 aromatic rings. The van der Waals surface area contributed by atoms with E-state index in [1.165, 1.54) is 0 Å². The maximum atomic E-state index is 12.2. The number of hydrogen-bond acceptors (Lipinski definition) is 5. The van der Waals surface area contributed by atoms with Crippen LogP contribution in [0, 0.1) is 6.92 Å². The molecule has 0 heterocycles. The first-order valence-electron chi connectivity index (χ1n) is 9.75. The van der Waals surface area contributed by atoms with E-state index in [4.69, 9.17) is 9.47 Å². The number of aliphatic hydroxyl groups is 1. The Hall–Kier alpha value is -2.09. The van der Waals surface area contributed by atoms with E-state index >= 15 is 0 Å². The van der Waals surface area contributed by atoms with Gasteiger partial charge in [-0.3, -0.25) is 4.79 Å². The topological polar surface area (TPSA) is 79.8 Å². The Morgan fingerprint density at radius 2 is 1.90 bits per heavy atom. The van der Waals surface area contributed by atoms with Crippen LogP contribution in [0.2, 0.25) is 0 Å². The number of amides is 1. The highest BCUT2D eigenvalue weighted by Crippen LogP contribution is 2.37. The first-order chi connectivity index (χ1) is 14.0. The number of hydrogen-bond donors (Lipinski definition) is 3. The molecule has 1 unspecified atom stereocenters. The lowest BCUT2D eigenvalue weighted by Crippen LogP contribution is -2.31. The molecule has 0 fully saturated rings. The third-order valence-electron chi connectivity index (χ3n) is 4.36. The molecular weight excluding hydrogens is 436 g/mol. The van der Waals surface area contributed by atoms with Gasteiger partial charge in [0.1, 0.15) is 0 Å². The lowest BCUT2D eigenvalue weighted by atomic mass is 10.1. The highest BCUT2D eigenvalue weighted by atomic mass is 79.9. The molecule has 1 amide bonds. The van der Waals surface area contributed by atoms with Crippen LogP contribution < -0.4 is 20.1 Å². The van der Waals surface area contributed by atoms with Gasteiger partial charge in [-0.25, -0.2) is 0 Å². The van der Waals surface area contributed by atoms with Crippen LogP contribution in [0.5, 0.6) is 11.5 Å². The van der Waals surface area contributed by atoms with Crippen molar-refractivity contribution in [2.75, 3.05) is 25.1 Å². The van der Waals surface area contributed by atoms with Crippen molar-refractivity contribution in [1.82, 2.24) is 5.32 Å². The maximum Gasteiger partial charge on any atom is 0.262 e. The first kappa shape index (κ1) is 23.2. The summed E-state index contributed by atoms with van der Waals surface area (Å²) in [5, 5.41) is 15.4. The van der Waals surface area contributed by atoms with Crippen molar-refractivity contribution in [2.45, 2.75) is 39.8 Å². The second-order valence-electron chi connectivity index (χ2n) is 6.71. The number of benzene rings is 2. The summed E-state index contributed by atoms with van der Waals surface area (Å²) in [5.74, 6) is 0.811. The van der Waals surface area contributed by atoms with E-state index in [-0.39, 0.29) is 25.2 Å². The monoisotopic (exact) mass is 464 g/mol. The van der Waals surface area contributed by atoms with Crippen molar-refractivity contribution in [2.24, 2.45) is 0 Å². The fraction of sp³-hybridized carbons (Fsp3) is 0.409. The van der Waals surface area contributed by atoms with Crippen LogP contribution in [0.3, 0.4) is 0 Å². The van der Waals surface area contributed by atoms with E-state index in [2.05, 4.69) is 26.6 Å². The molecule has 6 nitrogen and oxygen atoms in total. The molecule has 2 aromatic carbocycles. The molecule has 0 aliphatic heterocycles. The Kier molecular flexibility index (Phi) is 9.44. The molecular formula is C22H29BrN2O4. The second kappa shape index (κ2) is 11.8. The van der Waals surface area contributed by atoms with E-state index in [1.807, 2.05) is 57.2 Å². The number of ether oxygens (including phenoxy) is 2. The molecule has 0 bridgehead atoms. The molecule has 3 N–H and O–H groups in total. The molecule has 0 aliphatic rings. The van der Waals surface area contributed by atoms with Gasteiger partial charge in [-0.15, -0.1) is 0 Å². The maximum absolute atomic E-state index is 12.2. The highest BCUT2D eigenvalue weighted by molar-refractivity contribution is 9.10. The Bertz CT molecular complexity index is 792. The van der Waals surface area contributed by atoms with Gasteiger partial charge in [0, 0.05) is 18.3 Å². The van der Waals surface area contributed by atoms with E-state index in [9.17, 15) is 9.90 Å². The van der Waals surface area contributed by atoms with Gasteiger partial charge in [-0.05, 0) is 66.0 Å². The molecule has 0 spiro atoms. The van der Waals surface area contributed by atoms with Crippen LogP contribution in [0.15, 0.2) is 40.9 Å². The fourth-order valence-electron chi connectivity index (χ4n) is 2.70. The Balaban J connectivity index is 2.04. The molecule has 29 heavy (non-hydrogen) atoms. The van der Waals surface area contributed by atoms with Crippen molar-refractivity contribution in [3.63, 3.8) is 0 Å². The highest BCUT2D eigenvalue weighted by Gasteiger charge is 2.15. The number of carbonyl (C=O) groups excluding carboxylic acids is 1. The lowest BCUT2D eigenvalue weighted by molar-refractivity contribution is -0.118. The minimum Gasteiger partial charge on any atom is -0.490 e. The van der Waals surface area contributed by atoms with Gasteiger partial charge in [-0.2, -0.15) is 0 Å². The number of aliphatic hydroxyl groups excluding tert-OH is 1. The largest absolute Gasteiger partial charge is 0.490 e. The van der Waals surface area contributed by atoms with Crippen molar-refractivity contribution < 1.29 is 19.4 Å². The van der Waals surface area contributed by atoms with Crippen LogP contribution in [0.1, 0.15) is 31.4 Å². The van der Waals surface area contributed by atoms with Crippen molar-refractivity contribution >= 4 is 27.5 Å². The predicted molar refractivity (Wildman–Crippen MR) is 119 cm³/mol. The Morgan fingerprint density at radius 3 is 2.52 bits per heavy atom. The predicted octanol–water partition coefficient (Wildman–Crippen LogP) is 4.03. The molecule has 1 atom stereocenters. The van der Waals surface area contributed by atoms with Crippen LogP contribution in [-0.4, -0.2) is 36.9 Å². The van der Waals surface area contributed by atoms with Gasteiger partial charge < -0.3 is 25.2 Å². The van der Waals surface area contributed by atoms with Gasteiger partial charge in [0.05, 0.1) is 17.7 Å². The number of carbonyl (C=O) groups is 1. The molecule has 0 aliphatic carbocycles. The van der Waals surface area contributed by atoms with Crippen LogP contribution in [-0.2, 0) is 11.3 Å². The third kappa shape index (κ3) is 7.34. The molecule has 0 saturated carbocycles. The number of anilines is 1. The van der Waals surface area contributed by atoms with Crippen LogP contribution >= 0.6 is 15.9 Å². The van der Waals surface area contributed by atoms with Crippen molar-refractivity contribution in [1.29, 1.82) is 0 Å². The summed E-state index contributed by atoms with van der Waals surface area (Å²) in [6.45, 7) is 6.93. The molecule has 158 valence electrons. The first-order valence-corrected chi connectivity index (χ1v) is 10.5.